The first-order valence-corrected chi connectivity index (χ1v) is 13.1. The Kier molecular flexibility index (Phi) is 8.40. The fraction of sp³-hybridized carbons (Fsp3) is 0.226. The molecule has 0 radical (unpaired) electrons. The minimum Gasteiger partial charge on any atom is -0.480 e. The standard InChI is InChI=1S/C31H29N3O7/c1-19(39-17-20-9-3-2-4-10-20)28(30(36)37)33-29(35)27-15-21(41-34-27)16-32-31(38)40-18-26-24-13-7-5-11-22(24)23-12-6-8-14-25(23)26/h2-15,19,26,28H,16-18H2,1H3,(H,32,38)(H,33,35)(H,36,37)/t19-,28+/m1/s1. The summed E-state index contributed by atoms with van der Waals surface area (Å²) in [6.07, 6.45) is -1.47. The SMILES string of the molecule is C[C@@H](OCc1ccccc1)[C@H](NC(=O)c1cc(CNC(=O)OCC2c3ccccc3-c3ccccc32)on1)C(=O)O. The lowest BCUT2D eigenvalue weighted by Crippen LogP contribution is -2.48. The fourth-order valence-electron chi connectivity index (χ4n) is 4.81. The number of aliphatic carboxylic acids is 1. The summed E-state index contributed by atoms with van der Waals surface area (Å²) in [6.45, 7) is 1.84. The van der Waals surface area contributed by atoms with Crippen LogP contribution in [-0.2, 0) is 27.4 Å². The molecule has 210 valence electrons. The Morgan fingerprint density at radius 1 is 0.951 bits per heavy atom. The average Bonchev–Trinajstić information content (AvgIpc) is 3.60. The maximum atomic E-state index is 12.7. The molecule has 0 bridgehead atoms. The number of hydrogen-bond donors (Lipinski definition) is 3. The highest BCUT2D eigenvalue weighted by Gasteiger charge is 2.30. The lowest BCUT2D eigenvalue weighted by molar-refractivity contribution is -0.143. The summed E-state index contributed by atoms with van der Waals surface area (Å²) in [6, 6.07) is 25.4. The quantitative estimate of drug-likeness (QED) is 0.246. The van der Waals surface area contributed by atoms with Gasteiger partial charge in [0, 0.05) is 12.0 Å². The Balaban J connectivity index is 1.11. The van der Waals surface area contributed by atoms with Gasteiger partial charge < -0.3 is 29.7 Å². The molecule has 3 N–H and O–H groups in total. The van der Waals surface area contributed by atoms with E-state index in [1.54, 1.807) is 6.92 Å². The molecule has 3 aromatic carbocycles. The third-order valence-electron chi connectivity index (χ3n) is 6.92. The van der Waals surface area contributed by atoms with Crippen molar-refractivity contribution in [3.05, 3.63) is 113 Å². The van der Waals surface area contributed by atoms with Crippen LogP contribution in [0.15, 0.2) is 89.5 Å². The highest BCUT2D eigenvalue weighted by Crippen LogP contribution is 2.44. The van der Waals surface area contributed by atoms with E-state index in [-0.39, 0.29) is 37.1 Å². The smallest absolute Gasteiger partial charge is 0.407 e. The van der Waals surface area contributed by atoms with E-state index in [9.17, 15) is 19.5 Å². The van der Waals surface area contributed by atoms with Gasteiger partial charge in [-0.15, -0.1) is 0 Å². The van der Waals surface area contributed by atoms with Crippen LogP contribution in [0.1, 0.15) is 45.8 Å². The number of carboxylic acid groups (broad SMARTS) is 1. The summed E-state index contributed by atoms with van der Waals surface area (Å²) >= 11 is 0. The largest absolute Gasteiger partial charge is 0.480 e. The molecule has 1 aliphatic rings. The van der Waals surface area contributed by atoms with Gasteiger partial charge in [-0.25, -0.2) is 9.59 Å². The van der Waals surface area contributed by atoms with E-state index in [4.69, 9.17) is 14.0 Å². The van der Waals surface area contributed by atoms with Crippen molar-refractivity contribution in [3.8, 4) is 11.1 Å². The van der Waals surface area contributed by atoms with E-state index in [2.05, 4.69) is 27.9 Å². The van der Waals surface area contributed by atoms with E-state index in [0.29, 0.717) is 0 Å². The number of ether oxygens (including phenoxy) is 2. The van der Waals surface area contributed by atoms with Gasteiger partial charge in [-0.1, -0.05) is 84.0 Å². The van der Waals surface area contributed by atoms with Crippen LogP contribution in [0.3, 0.4) is 0 Å². The van der Waals surface area contributed by atoms with Gasteiger partial charge in [0.25, 0.3) is 5.91 Å². The summed E-state index contributed by atoms with van der Waals surface area (Å²) in [4.78, 5) is 36.9. The molecule has 0 spiro atoms. The van der Waals surface area contributed by atoms with Crippen LogP contribution < -0.4 is 10.6 Å². The minimum absolute atomic E-state index is 0.0735. The molecule has 1 aromatic heterocycles. The van der Waals surface area contributed by atoms with Crippen LogP contribution in [0.4, 0.5) is 4.79 Å². The number of hydrogen-bond acceptors (Lipinski definition) is 7. The number of carbonyl (C=O) groups excluding carboxylic acids is 2. The second kappa shape index (κ2) is 12.5. The van der Waals surface area contributed by atoms with Crippen molar-refractivity contribution in [1.29, 1.82) is 0 Å². The number of amides is 2. The lowest BCUT2D eigenvalue weighted by atomic mass is 9.98. The Hall–Kier alpha value is -4.96. The van der Waals surface area contributed by atoms with Gasteiger partial charge in [0.2, 0.25) is 0 Å². The molecule has 2 atom stereocenters. The zero-order valence-electron chi connectivity index (χ0n) is 22.3. The zero-order chi connectivity index (χ0) is 28.8. The van der Waals surface area contributed by atoms with Gasteiger partial charge in [0.05, 0.1) is 19.3 Å². The van der Waals surface area contributed by atoms with Crippen molar-refractivity contribution in [3.63, 3.8) is 0 Å². The minimum atomic E-state index is -1.31. The zero-order valence-corrected chi connectivity index (χ0v) is 22.3. The van der Waals surface area contributed by atoms with Gasteiger partial charge in [0.1, 0.15) is 6.61 Å². The third-order valence-corrected chi connectivity index (χ3v) is 6.92. The molecule has 0 saturated heterocycles. The van der Waals surface area contributed by atoms with Crippen molar-refractivity contribution in [1.82, 2.24) is 15.8 Å². The van der Waals surface area contributed by atoms with Gasteiger partial charge in [-0.2, -0.15) is 0 Å². The van der Waals surface area contributed by atoms with Gasteiger partial charge >= 0.3 is 12.1 Å². The van der Waals surface area contributed by atoms with E-state index in [1.807, 2.05) is 66.7 Å². The number of carbonyl (C=O) groups is 3. The molecular weight excluding hydrogens is 526 g/mol. The predicted molar refractivity (Wildman–Crippen MR) is 148 cm³/mol. The number of alkyl carbamates (subject to hydrolysis) is 1. The Labute approximate surface area is 236 Å². The van der Waals surface area contributed by atoms with E-state index >= 15 is 0 Å². The first-order valence-electron chi connectivity index (χ1n) is 13.1. The monoisotopic (exact) mass is 555 g/mol. The normalized spacial score (nSPS) is 13.5. The number of rotatable bonds is 11. The highest BCUT2D eigenvalue weighted by molar-refractivity contribution is 5.95. The number of nitrogens with zero attached hydrogens (tertiary/aromatic N) is 1. The number of fused-ring (bicyclic) bond motifs is 3. The van der Waals surface area contributed by atoms with Crippen molar-refractivity contribution < 1.29 is 33.5 Å². The van der Waals surface area contributed by atoms with Crippen LogP contribution >= 0.6 is 0 Å². The van der Waals surface area contributed by atoms with E-state index in [1.165, 1.54) is 6.07 Å². The molecule has 0 aliphatic heterocycles. The molecule has 0 saturated carbocycles. The summed E-state index contributed by atoms with van der Waals surface area (Å²) in [5.41, 5.74) is 5.22. The lowest BCUT2D eigenvalue weighted by Gasteiger charge is -2.21. The van der Waals surface area contributed by atoms with Crippen molar-refractivity contribution in [2.24, 2.45) is 0 Å². The Morgan fingerprint density at radius 3 is 2.24 bits per heavy atom. The predicted octanol–water partition coefficient (Wildman–Crippen LogP) is 4.50. The van der Waals surface area contributed by atoms with Crippen LogP contribution in [-0.4, -0.2) is 47.0 Å². The highest BCUT2D eigenvalue weighted by atomic mass is 16.5. The maximum Gasteiger partial charge on any atom is 0.407 e. The second-order valence-corrected chi connectivity index (χ2v) is 9.65. The molecule has 10 nitrogen and oxygen atoms in total. The number of benzene rings is 3. The molecule has 4 aromatic rings. The molecule has 1 heterocycles. The first-order chi connectivity index (χ1) is 19.9. The molecule has 41 heavy (non-hydrogen) atoms. The van der Waals surface area contributed by atoms with Crippen molar-refractivity contribution in [2.45, 2.75) is 38.1 Å². The van der Waals surface area contributed by atoms with Crippen LogP contribution in [0, 0.1) is 0 Å². The van der Waals surface area contributed by atoms with Gasteiger partial charge in [-0.05, 0) is 34.7 Å². The molecule has 2 amide bonds. The number of aromatic nitrogens is 1. The van der Waals surface area contributed by atoms with Gasteiger partial charge in [-0.3, -0.25) is 4.79 Å². The molecule has 0 unspecified atom stereocenters. The summed E-state index contributed by atoms with van der Waals surface area (Å²) in [5, 5.41) is 18.3. The molecule has 10 heteroatoms. The summed E-state index contributed by atoms with van der Waals surface area (Å²) in [5.74, 6) is -1.87. The summed E-state index contributed by atoms with van der Waals surface area (Å²) < 4.78 is 16.3. The average molecular weight is 556 g/mol. The fourth-order valence-corrected chi connectivity index (χ4v) is 4.81. The topological polar surface area (TPSA) is 140 Å². The molecule has 0 fully saturated rings. The summed E-state index contributed by atoms with van der Waals surface area (Å²) in [7, 11) is 0. The van der Waals surface area contributed by atoms with E-state index < -0.39 is 30.1 Å². The third kappa shape index (κ3) is 6.44. The van der Waals surface area contributed by atoms with Crippen LogP contribution in [0.2, 0.25) is 0 Å². The van der Waals surface area contributed by atoms with Crippen LogP contribution in [0.25, 0.3) is 11.1 Å². The van der Waals surface area contributed by atoms with Gasteiger partial charge in [0.15, 0.2) is 17.5 Å². The Morgan fingerprint density at radius 2 is 1.59 bits per heavy atom. The first kappa shape index (κ1) is 27.6. The van der Waals surface area contributed by atoms with E-state index in [0.717, 1.165) is 27.8 Å². The van der Waals surface area contributed by atoms with Crippen LogP contribution in [0.5, 0.6) is 0 Å². The number of nitrogens with one attached hydrogen (secondary N) is 2. The van der Waals surface area contributed by atoms with Crippen molar-refractivity contribution in [2.75, 3.05) is 6.61 Å². The molecule has 1 aliphatic carbocycles. The second-order valence-electron chi connectivity index (χ2n) is 9.65. The molecular formula is C31H29N3O7. The maximum absolute atomic E-state index is 12.7. The molecule has 5 rings (SSSR count). The Bertz CT molecular complexity index is 1490. The van der Waals surface area contributed by atoms with Crippen molar-refractivity contribution >= 4 is 18.0 Å². The number of carboxylic acids is 1.